The van der Waals surface area contributed by atoms with Crippen molar-refractivity contribution in [2.45, 2.75) is 19.0 Å². The van der Waals surface area contributed by atoms with E-state index in [0.29, 0.717) is 10.6 Å². The molecular weight excluding hydrogens is 326 g/mol. The lowest BCUT2D eigenvalue weighted by Gasteiger charge is -2.32. The van der Waals surface area contributed by atoms with Crippen molar-refractivity contribution >= 4 is 29.0 Å². The van der Waals surface area contributed by atoms with E-state index in [1.165, 1.54) is 12.1 Å². The topological polar surface area (TPSA) is 20.3 Å². The Morgan fingerprint density at radius 2 is 1.86 bits per heavy atom. The number of halogens is 5. The van der Waals surface area contributed by atoms with E-state index in [4.69, 9.17) is 23.2 Å². The van der Waals surface area contributed by atoms with E-state index < -0.39 is 12.1 Å². The Labute approximate surface area is 130 Å². The standard InChI is InChI=1S/C14H14Cl2F3NO/c15-10-1-2-11(12(16)7-10)13(21)8-20-5-3-9(4-6-20)14(17,18)19/h1-2,7,9H,3-6,8H2. The van der Waals surface area contributed by atoms with Crippen LogP contribution in [0.1, 0.15) is 23.2 Å². The van der Waals surface area contributed by atoms with E-state index in [0.717, 1.165) is 0 Å². The number of carbonyl (C=O) groups is 1. The summed E-state index contributed by atoms with van der Waals surface area (Å²) in [6.07, 6.45) is -4.08. The van der Waals surface area contributed by atoms with Crippen LogP contribution in [0.15, 0.2) is 18.2 Å². The fourth-order valence-electron chi connectivity index (χ4n) is 2.42. The highest BCUT2D eigenvalue weighted by atomic mass is 35.5. The maximum atomic E-state index is 12.6. The third-order valence-corrected chi connectivity index (χ3v) is 4.20. The summed E-state index contributed by atoms with van der Waals surface area (Å²) in [7, 11) is 0. The molecule has 1 saturated heterocycles. The molecular formula is C14H14Cl2F3NO. The Morgan fingerprint density at radius 1 is 1.24 bits per heavy atom. The molecule has 1 aliphatic rings. The van der Waals surface area contributed by atoms with Crippen LogP contribution < -0.4 is 0 Å². The van der Waals surface area contributed by atoms with Crippen LogP contribution in [0.3, 0.4) is 0 Å². The largest absolute Gasteiger partial charge is 0.391 e. The van der Waals surface area contributed by atoms with Gasteiger partial charge in [-0.15, -0.1) is 0 Å². The highest BCUT2D eigenvalue weighted by Gasteiger charge is 2.41. The van der Waals surface area contributed by atoms with Crippen molar-refractivity contribution in [2.75, 3.05) is 19.6 Å². The molecule has 7 heteroatoms. The summed E-state index contributed by atoms with van der Waals surface area (Å²) in [5.41, 5.74) is 0.346. The van der Waals surface area contributed by atoms with Gasteiger partial charge in [-0.1, -0.05) is 23.2 Å². The predicted molar refractivity (Wildman–Crippen MR) is 76.0 cm³/mol. The number of likely N-dealkylation sites (tertiary alicyclic amines) is 1. The zero-order valence-electron chi connectivity index (χ0n) is 11.1. The number of hydrogen-bond donors (Lipinski definition) is 0. The summed E-state index contributed by atoms with van der Waals surface area (Å²) in [5.74, 6) is -1.47. The van der Waals surface area contributed by atoms with Gasteiger partial charge in [-0.25, -0.2) is 0 Å². The van der Waals surface area contributed by atoms with Gasteiger partial charge in [0.1, 0.15) is 0 Å². The summed E-state index contributed by atoms with van der Waals surface area (Å²) in [6, 6.07) is 4.58. The molecule has 0 amide bonds. The van der Waals surface area contributed by atoms with Crippen LogP contribution in [-0.4, -0.2) is 36.5 Å². The molecule has 0 unspecified atom stereocenters. The number of hydrogen-bond acceptors (Lipinski definition) is 2. The lowest BCUT2D eigenvalue weighted by molar-refractivity contribution is -0.184. The van der Waals surface area contributed by atoms with E-state index in [1.807, 2.05) is 0 Å². The van der Waals surface area contributed by atoms with Crippen molar-refractivity contribution in [3.05, 3.63) is 33.8 Å². The first kappa shape index (κ1) is 16.6. The average Bonchev–Trinajstić information content (AvgIpc) is 2.38. The van der Waals surface area contributed by atoms with E-state index in [-0.39, 0.29) is 43.3 Å². The van der Waals surface area contributed by atoms with E-state index >= 15 is 0 Å². The number of rotatable bonds is 3. The summed E-state index contributed by atoms with van der Waals surface area (Å²) in [4.78, 5) is 13.9. The van der Waals surface area contributed by atoms with Crippen LogP contribution in [0, 0.1) is 5.92 Å². The molecule has 1 aromatic rings. The quantitative estimate of drug-likeness (QED) is 0.758. The van der Waals surface area contributed by atoms with Crippen molar-refractivity contribution in [1.82, 2.24) is 4.90 Å². The molecule has 2 nitrogen and oxygen atoms in total. The lowest BCUT2D eigenvalue weighted by atomic mass is 9.96. The maximum absolute atomic E-state index is 12.6. The number of nitrogens with zero attached hydrogens (tertiary/aromatic N) is 1. The van der Waals surface area contributed by atoms with Crippen LogP contribution in [0.4, 0.5) is 13.2 Å². The summed E-state index contributed by atoms with van der Waals surface area (Å²) in [5, 5.41) is 0.695. The zero-order chi connectivity index (χ0) is 15.6. The van der Waals surface area contributed by atoms with Crippen molar-refractivity contribution in [3.63, 3.8) is 0 Å². The fourth-order valence-corrected chi connectivity index (χ4v) is 2.94. The van der Waals surface area contributed by atoms with Gasteiger partial charge in [0.25, 0.3) is 0 Å². The molecule has 1 heterocycles. The molecule has 2 rings (SSSR count). The Balaban J connectivity index is 1.93. The van der Waals surface area contributed by atoms with Crippen LogP contribution in [0.5, 0.6) is 0 Å². The Hall–Kier alpha value is -0.780. The van der Waals surface area contributed by atoms with Gasteiger partial charge in [-0.2, -0.15) is 13.2 Å². The van der Waals surface area contributed by atoms with Gasteiger partial charge in [-0.3, -0.25) is 9.69 Å². The second-order valence-corrected chi connectivity index (χ2v) is 5.98. The fraction of sp³-hybridized carbons (Fsp3) is 0.500. The third kappa shape index (κ3) is 4.34. The number of Topliss-reactive ketones (excluding diaryl/α,β-unsaturated/α-hetero) is 1. The van der Waals surface area contributed by atoms with Gasteiger partial charge in [0, 0.05) is 10.6 Å². The number of ketones is 1. The Morgan fingerprint density at radius 3 is 2.38 bits per heavy atom. The third-order valence-electron chi connectivity index (χ3n) is 3.65. The minimum Gasteiger partial charge on any atom is -0.296 e. The highest BCUT2D eigenvalue weighted by molar-refractivity contribution is 6.36. The van der Waals surface area contributed by atoms with Gasteiger partial charge in [0.15, 0.2) is 5.78 Å². The van der Waals surface area contributed by atoms with Gasteiger partial charge in [0.05, 0.1) is 17.5 Å². The smallest absolute Gasteiger partial charge is 0.296 e. The Bertz CT molecular complexity index is 525. The second kappa shape index (κ2) is 6.55. The van der Waals surface area contributed by atoms with Gasteiger partial charge in [-0.05, 0) is 44.1 Å². The highest BCUT2D eigenvalue weighted by Crippen LogP contribution is 2.34. The SMILES string of the molecule is O=C(CN1CCC(C(F)(F)F)CC1)c1ccc(Cl)cc1Cl. The average molecular weight is 340 g/mol. The molecule has 116 valence electrons. The molecule has 21 heavy (non-hydrogen) atoms. The monoisotopic (exact) mass is 339 g/mol. The molecule has 0 aromatic heterocycles. The molecule has 0 saturated carbocycles. The minimum absolute atomic E-state index is 0.0329. The summed E-state index contributed by atoms with van der Waals surface area (Å²) >= 11 is 11.7. The zero-order valence-corrected chi connectivity index (χ0v) is 12.6. The first-order chi connectivity index (χ1) is 9.77. The normalized spacial score (nSPS) is 18.0. The molecule has 0 N–H and O–H groups in total. The summed E-state index contributed by atoms with van der Waals surface area (Å²) < 4.78 is 37.7. The van der Waals surface area contributed by atoms with Crippen molar-refractivity contribution < 1.29 is 18.0 Å². The minimum atomic E-state index is -4.14. The number of benzene rings is 1. The first-order valence-electron chi connectivity index (χ1n) is 6.54. The number of piperidine rings is 1. The van der Waals surface area contributed by atoms with Crippen molar-refractivity contribution in [3.8, 4) is 0 Å². The number of carbonyl (C=O) groups excluding carboxylic acids is 1. The second-order valence-electron chi connectivity index (χ2n) is 5.14. The van der Waals surface area contributed by atoms with E-state index in [1.54, 1.807) is 11.0 Å². The Kier molecular flexibility index (Phi) is 5.17. The lowest BCUT2D eigenvalue weighted by Crippen LogP contribution is -2.41. The molecule has 0 bridgehead atoms. The van der Waals surface area contributed by atoms with Crippen molar-refractivity contribution in [2.24, 2.45) is 5.92 Å². The molecule has 0 spiro atoms. The van der Waals surface area contributed by atoms with Crippen molar-refractivity contribution in [1.29, 1.82) is 0 Å². The van der Waals surface area contributed by atoms with Gasteiger partial charge < -0.3 is 0 Å². The summed E-state index contributed by atoms with van der Waals surface area (Å²) in [6.45, 7) is 0.605. The van der Waals surface area contributed by atoms with E-state index in [2.05, 4.69) is 0 Å². The molecule has 0 radical (unpaired) electrons. The van der Waals surface area contributed by atoms with E-state index in [9.17, 15) is 18.0 Å². The van der Waals surface area contributed by atoms with Crippen LogP contribution in [0.25, 0.3) is 0 Å². The molecule has 0 atom stereocenters. The first-order valence-corrected chi connectivity index (χ1v) is 7.30. The van der Waals surface area contributed by atoms with Gasteiger partial charge >= 0.3 is 6.18 Å². The maximum Gasteiger partial charge on any atom is 0.391 e. The van der Waals surface area contributed by atoms with Gasteiger partial charge in [0.2, 0.25) is 0 Å². The van der Waals surface area contributed by atoms with Crippen LogP contribution >= 0.6 is 23.2 Å². The predicted octanol–water partition coefficient (Wildman–Crippen LogP) is 4.45. The molecule has 1 aromatic carbocycles. The van der Waals surface area contributed by atoms with Crippen LogP contribution in [0.2, 0.25) is 10.0 Å². The van der Waals surface area contributed by atoms with Crippen LogP contribution in [-0.2, 0) is 0 Å². The molecule has 0 aliphatic carbocycles. The molecule has 1 fully saturated rings. The number of alkyl halides is 3. The molecule has 1 aliphatic heterocycles.